The zero-order chi connectivity index (χ0) is 12.7. The van der Waals surface area contributed by atoms with Gasteiger partial charge in [-0.2, -0.15) is 0 Å². The molecule has 94 valence electrons. The van der Waals surface area contributed by atoms with Crippen molar-refractivity contribution in [3.8, 4) is 0 Å². The Morgan fingerprint density at radius 3 is 2.88 bits per heavy atom. The van der Waals surface area contributed by atoms with Crippen molar-refractivity contribution >= 4 is 40.1 Å². The van der Waals surface area contributed by atoms with E-state index in [2.05, 4.69) is 27.9 Å². The largest absolute Gasteiger partial charge is 0.394 e. The highest BCUT2D eigenvalue weighted by atomic mass is 127. The van der Waals surface area contributed by atoms with E-state index in [1.54, 1.807) is 18.2 Å². The molecule has 0 atom stereocenters. The minimum Gasteiger partial charge on any atom is -0.394 e. The average Bonchev–Trinajstić information content (AvgIpc) is 2.32. The van der Waals surface area contributed by atoms with Crippen LogP contribution in [0.4, 0.5) is 0 Å². The molecule has 0 aliphatic rings. The number of benzene rings is 1. The van der Waals surface area contributed by atoms with Crippen molar-refractivity contribution in [2.24, 2.45) is 0 Å². The zero-order valence-corrected chi connectivity index (χ0v) is 12.0. The summed E-state index contributed by atoms with van der Waals surface area (Å²) < 4.78 is 5.93. The summed E-state index contributed by atoms with van der Waals surface area (Å²) in [6, 6.07) is 5.14. The van der Waals surface area contributed by atoms with Crippen molar-refractivity contribution in [2.45, 2.75) is 0 Å². The highest BCUT2D eigenvalue weighted by Crippen LogP contribution is 2.19. The molecule has 0 heterocycles. The third-order valence-corrected chi connectivity index (χ3v) is 3.52. The van der Waals surface area contributed by atoms with E-state index in [9.17, 15) is 4.79 Å². The molecule has 0 unspecified atom stereocenters. The molecule has 17 heavy (non-hydrogen) atoms. The minimum atomic E-state index is -0.184. The molecule has 1 amide bonds. The highest BCUT2D eigenvalue weighted by Gasteiger charge is 2.06. The minimum absolute atomic E-state index is 0.0132. The lowest BCUT2D eigenvalue weighted by Crippen LogP contribution is -2.27. The van der Waals surface area contributed by atoms with Gasteiger partial charge in [-0.15, -0.1) is 0 Å². The van der Waals surface area contributed by atoms with E-state index in [0.29, 0.717) is 23.7 Å². The van der Waals surface area contributed by atoms with Crippen LogP contribution in [0.25, 0.3) is 0 Å². The molecule has 0 bridgehead atoms. The first-order valence-electron chi connectivity index (χ1n) is 5.07. The number of hydrogen-bond donors (Lipinski definition) is 2. The number of rotatable bonds is 6. The number of hydrogen-bond acceptors (Lipinski definition) is 3. The molecule has 0 aromatic heterocycles. The molecule has 1 aromatic carbocycles. The van der Waals surface area contributed by atoms with Crippen LogP contribution in [0.3, 0.4) is 0 Å². The number of nitrogens with one attached hydrogen (secondary N) is 1. The molecule has 0 fully saturated rings. The van der Waals surface area contributed by atoms with Crippen molar-refractivity contribution in [2.75, 3.05) is 26.4 Å². The Morgan fingerprint density at radius 2 is 2.24 bits per heavy atom. The molecule has 0 saturated heterocycles. The summed E-state index contributed by atoms with van der Waals surface area (Å²) in [6.07, 6.45) is 0. The lowest BCUT2D eigenvalue weighted by Gasteiger charge is -2.06. The van der Waals surface area contributed by atoms with Crippen LogP contribution in [-0.2, 0) is 4.74 Å². The second-order valence-corrected chi connectivity index (χ2v) is 4.79. The van der Waals surface area contributed by atoms with Crippen LogP contribution in [-0.4, -0.2) is 37.4 Å². The SMILES string of the molecule is O=C(NCCOCCO)c1ccc(I)c(Cl)c1. The van der Waals surface area contributed by atoms with Crippen LogP contribution >= 0.6 is 34.2 Å². The van der Waals surface area contributed by atoms with Crippen LogP contribution < -0.4 is 5.32 Å². The van der Waals surface area contributed by atoms with E-state index in [0.717, 1.165) is 3.57 Å². The lowest BCUT2D eigenvalue weighted by molar-refractivity contribution is 0.0838. The van der Waals surface area contributed by atoms with Crippen molar-refractivity contribution in [3.63, 3.8) is 0 Å². The van der Waals surface area contributed by atoms with Gasteiger partial charge < -0.3 is 15.2 Å². The van der Waals surface area contributed by atoms with Gasteiger partial charge in [0.15, 0.2) is 0 Å². The number of carbonyl (C=O) groups is 1. The Kier molecular flexibility index (Phi) is 6.79. The Balaban J connectivity index is 2.39. The monoisotopic (exact) mass is 369 g/mol. The van der Waals surface area contributed by atoms with E-state index in [-0.39, 0.29) is 19.1 Å². The van der Waals surface area contributed by atoms with E-state index in [1.807, 2.05) is 0 Å². The molecular weight excluding hydrogens is 356 g/mol. The fourth-order valence-corrected chi connectivity index (χ4v) is 1.66. The highest BCUT2D eigenvalue weighted by molar-refractivity contribution is 14.1. The van der Waals surface area contributed by atoms with Crippen LogP contribution in [0.5, 0.6) is 0 Å². The van der Waals surface area contributed by atoms with Gasteiger partial charge in [0.2, 0.25) is 0 Å². The predicted molar refractivity (Wildman–Crippen MR) is 74.4 cm³/mol. The van der Waals surface area contributed by atoms with Crippen LogP contribution in [0.2, 0.25) is 5.02 Å². The first-order valence-corrected chi connectivity index (χ1v) is 6.52. The number of halogens is 2. The fourth-order valence-electron chi connectivity index (χ4n) is 1.14. The van der Waals surface area contributed by atoms with E-state index < -0.39 is 0 Å². The molecule has 0 radical (unpaired) electrons. The number of ether oxygens (including phenoxy) is 1. The Morgan fingerprint density at radius 1 is 1.47 bits per heavy atom. The summed E-state index contributed by atoms with van der Waals surface area (Å²) in [5.74, 6) is -0.184. The van der Waals surface area contributed by atoms with E-state index in [1.165, 1.54) is 0 Å². The number of carbonyl (C=O) groups excluding carboxylic acids is 1. The lowest BCUT2D eigenvalue weighted by atomic mass is 10.2. The maximum absolute atomic E-state index is 11.7. The quantitative estimate of drug-likeness (QED) is 0.592. The van der Waals surface area contributed by atoms with Crippen LogP contribution in [0.15, 0.2) is 18.2 Å². The predicted octanol–water partition coefficient (Wildman–Crippen LogP) is 1.68. The van der Waals surface area contributed by atoms with Gasteiger partial charge in [0.25, 0.3) is 5.91 Å². The second-order valence-electron chi connectivity index (χ2n) is 3.22. The molecule has 0 aliphatic heterocycles. The summed E-state index contributed by atoms with van der Waals surface area (Å²) in [5.41, 5.74) is 0.526. The van der Waals surface area contributed by atoms with Crippen LogP contribution in [0, 0.1) is 3.57 Å². The van der Waals surface area contributed by atoms with Crippen molar-refractivity contribution in [1.82, 2.24) is 5.32 Å². The van der Waals surface area contributed by atoms with Gasteiger partial charge in [-0.1, -0.05) is 11.6 Å². The number of amides is 1. The summed E-state index contributed by atoms with van der Waals surface area (Å²) >= 11 is 8.02. The van der Waals surface area contributed by atoms with Gasteiger partial charge in [0.05, 0.1) is 24.8 Å². The van der Waals surface area contributed by atoms with Crippen LogP contribution in [0.1, 0.15) is 10.4 Å². The van der Waals surface area contributed by atoms with Gasteiger partial charge in [-0.05, 0) is 40.8 Å². The molecule has 0 spiro atoms. The standard InChI is InChI=1S/C11H13ClINO3/c12-9-7-8(1-2-10(9)13)11(16)14-3-5-17-6-4-15/h1-2,7,15H,3-6H2,(H,14,16). The van der Waals surface area contributed by atoms with Gasteiger partial charge in [0, 0.05) is 15.7 Å². The third kappa shape index (κ3) is 5.20. The molecular formula is C11H13ClINO3. The summed E-state index contributed by atoms with van der Waals surface area (Å²) in [7, 11) is 0. The molecule has 4 nitrogen and oxygen atoms in total. The van der Waals surface area contributed by atoms with Gasteiger partial charge >= 0.3 is 0 Å². The first kappa shape index (κ1) is 14.7. The Labute approximate surface area is 118 Å². The molecule has 1 rings (SSSR count). The number of aliphatic hydroxyl groups is 1. The maximum atomic E-state index is 11.7. The average molecular weight is 370 g/mol. The first-order chi connectivity index (χ1) is 8.15. The zero-order valence-electron chi connectivity index (χ0n) is 9.08. The summed E-state index contributed by atoms with van der Waals surface area (Å²) in [6.45, 7) is 1.05. The van der Waals surface area contributed by atoms with E-state index >= 15 is 0 Å². The normalized spacial score (nSPS) is 10.3. The maximum Gasteiger partial charge on any atom is 0.251 e. The Hall–Kier alpha value is -0.370. The van der Waals surface area contributed by atoms with Crippen molar-refractivity contribution in [1.29, 1.82) is 0 Å². The fraction of sp³-hybridized carbons (Fsp3) is 0.364. The van der Waals surface area contributed by atoms with E-state index in [4.69, 9.17) is 21.4 Å². The topological polar surface area (TPSA) is 58.6 Å². The smallest absolute Gasteiger partial charge is 0.251 e. The van der Waals surface area contributed by atoms with Gasteiger partial charge in [-0.3, -0.25) is 4.79 Å². The van der Waals surface area contributed by atoms with Crippen molar-refractivity contribution < 1.29 is 14.6 Å². The van der Waals surface area contributed by atoms with Crippen molar-refractivity contribution in [3.05, 3.63) is 32.4 Å². The summed E-state index contributed by atoms with van der Waals surface area (Å²) in [5, 5.41) is 11.7. The molecule has 1 aromatic rings. The molecule has 0 aliphatic carbocycles. The van der Waals surface area contributed by atoms with Gasteiger partial charge in [0.1, 0.15) is 0 Å². The summed E-state index contributed by atoms with van der Waals surface area (Å²) in [4.78, 5) is 11.7. The third-order valence-electron chi connectivity index (χ3n) is 1.95. The molecule has 2 N–H and O–H groups in total. The second kappa shape index (κ2) is 7.86. The van der Waals surface area contributed by atoms with Gasteiger partial charge in [-0.25, -0.2) is 0 Å². The molecule has 0 saturated carbocycles. The number of aliphatic hydroxyl groups excluding tert-OH is 1. The molecule has 6 heteroatoms. The Bertz CT molecular complexity index is 387.